The number of nitrogens with zero attached hydrogens (tertiary/aromatic N) is 2. The summed E-state index contributed by atoms with van der Waals surface area (Å²) in [6, 6.07) is 11.5. The van der Waals surface area contributed by atoms with Crippen LogP contribution in [-0.4, -0.2) is 24.1 Å². The smallest absolute Gasteiger partial charge is 0.256 e. The third-order valence-corrected chi connectivity index (χ3v) is 6.68. The zero-order chi connectivity index (χ0) is 20.9. The molecule has 1 aliphatic heterocycles. The van der Waals surface area contributed by atoms with Crippen molar-refractivity contribution in [3.8, 4) is 5.69 Å². The maximum Gasteiger partial charge on any atom is 0.256 e. The van der Waals surface area contributed by atoms with Crippen molar-refractivity contribution in [1.29, 1.82) is 0 Å². The molecule has 150 valence electrons. The highest BCUT2D eigenvalue weighted by atomic mass is 32.2. The Hall–Kier alpha value is -2.93. The van der Waals surface area contributed by atoms with Gasteiger partial charge in [-0.3, -0.25) is 4.79 Å². The molecule has 2 aromatic carbocycles. The molecule has 0 unspecified atom stereocenters. The van der Waals surface area contributed by atoms with E-state index in [-0.39, 0.29) is 17.4 Å². The van der Waals surface area contributed by atoms with E-state index in [0.29, 0.717) is 22.6 Å². The van der Waals surface area contributed by atoms with Crippen LogP contribution in [0.5, 0.6) is 0 Å². The van der Waals surface area contributed by atoms with Crippen LogP contribution in [0.15, 0.2) is 36.4 Å². The fourth-order valence-electron chi connectivity index (χ4n) is 3.70. The first kappa shape index (κ1) is 19.4. The number of benzene rings is 2. The first-order valence-corrected chi connectivity index (χ1v) is 11.2. The Morgan fingerprint density at radius 1 is 0.966 bits per heavy atom. The summed E-state index contributed by atoms with van der Waals surface area (Å²) >= 11 is 0. The molecule has 0 bridgehead atoms. The Kier molecular flexibility index (Phi) is 4.58. The summed E-state index contributed by atoms with van der Waals surface area (Å²) < 4.78 is 25.9. The van der Waals surface area contributed by atoms with E-state index in [9.17, 15) is 13.2 Å². The Morgan fingerprint density at radius 3 is 2.31 bits per heavy atom. The summed E-state index contributed by atoms with van der Waals surface area (Å²) in [6.07, 6.45) is 0. The van der Waals surface area contributed by atoms with Crippen molar-refractivity contribution < 1.29 is 13.2 Å². The topological polar surface area (TPSA) is 81.1 Å². The van der Waals surface area contributed by atoms with Crippen molar-refractivity contribution >= 4 is 21.6 Å². The molecule has 0 radical (unpaired) electrons. The Bertz CT molecular complexity index is 1240. The van der Waals surface area contributed by atoms with Crippen LogP contribution in [0.1, 0.15) is 43.9 Å². The van der Waals surface area contributed by atoms with Gasteiger partial charge in [-0.1, -0.05) is 23.3 Å². The van der Waals surface area contributed by atoms with Crippen LogP contribution in [0.4, 0.5) is 5.82 Å². The number of rotatable bonds is 3. The van der Waals surface area contributed by atoms with Crippen LogP contribution >= 0.6 is 0 Å². The number of sulfone groups is 1. The second-order valence-corrected chi connectivity index (χ2v) is 9.88. The van der Waals surface area contributed by atoms with E-state index in [1.807, 2.05) is 64.1 Å². The largest absolute Gasteiger partial charge is 0.306 e. The van der Waals surface area contributed by atoms with Gasteiger partial charge < -0.3 is 5.32 Å². The van der Waals surface area contributed by atoms with Crippen LogP contribution in [-0.2, 0) is 21.3 Å². The second-order valence-electron chi connectivity index (χ2n) is 7.82. The molecular formula is C22H23N3O3S. The summed E-state index contributed by atoms with van der Waals surface area (Å²) in [5, 5.41) is 7.46. The summed E-state index contributed by atoms with van der Waals surface area (Å²) in [5.74, 6) is -0.0789. The molecule has 0 saturated carbocycles. The van der Waals surface area contributed by atoms with Crippen LogP contribution in [0.25, 0.3) is 5.69 Å². The predicted molar refractivity (Wildman–Crippen MR) is 113 cm³/mol. The van der Waals surface area contributed by atoms with Gasteiger partial charge in [0.15, 0.2) is 9.84 Å². The quantitative estimate of drug-likeness (QED) is 0.714. The van der Waals surface area contributed by atoms with E-state index in [2.05, 4.69) is 10.4 Å². The predicted octanol–water partition coefficient (Wildman–Crippen LogP) is 3.79. The van der Waals surface area contributed by atoms with E-state index >= 15 is 0 Å². The first-order valence-electron chi connectivity index (χ1n) is 9.41. The molecule has 1 aliphatic rings. The van der Waals surface area contributed by atoms with Crippen molar-refractivity contribution in [2.75, 3.05) is 5.32 Å². The molecule has 2 heterocycles. The first-order chi connectivity index (χ1) is 13.6. The zero-order valence-electron chi connectivity index (χ0n) is 16.9. The van der Waals surface area contributed by atoms with Crippen molar-refractivity contribution in [3.63, 3.8) is 0 Å². The highest BCUT2D eigenvalue weighted by molar-refractivity contribution is 7.90. The molecular weight excluding hydrogens is 386 g/mol. The standard InChI is InChI=1S/C22H23N3O3S/c1-13-7-14(2)9-17(8-13)22(26)23-21-19-11-29(27,28)12-20(19)24-25(21)18-6-5-15(3)16(4)10-18/h5-10H,11-12H2,1-4H3,(H,23,26). The number of aromatic nitrogens is 2. The van der Waals surface area contributed by atoms with E-state index in [0.717, 1.165) is 27.9 Å². The fourth-order valence-corrected chi connectivity index (χ4v) is 5.19. The minimum absolute atomic E-state index is 0.105. The van der Waals surface area contributed by atoms with Gasteiger partial charge in [-0.05, 0) is 63.1 Å². The molecule has 7 heteroatoms. The lowest BCUT2D eigenvalue weighted by Crippen LogP contribution is -2.17. The Morgan fingerprint density at radius 2 is 1.66 bits per heavy atom. The van der Waals surface area contributed by atoms with Crippen LogP contribution in [0.2, 0.25) is 0 Å². The fraction of sp³-hybridized carbons (Fsp3) is 0.273. The maximum atomic E-state index is 13.0. The molecule has 3 aromatic rings. The van der Waals surface area contributed by atoms with Crippen molar-refractivity contribution in [1.82, 2.24) is 9.78 Å². The molecule has 0 saturated heterocycles. The van der Waals surface area contributed by atoms with Gasteiger partial charge in [0.05, 0.1) is 22.9 Å². The molecule has 1 N–H and O–H groups in total. The number of anilines is 1. The van der Waals surface area contributed by atoms with Crippen molar-refractivity contribution in [2.45, 2.75) is 39.2 Å². The minimum atomic E-state index is -3.24. The second kappa shape index (κ2) is 6.84. The van der Waals surface area contributed by atoms with Crippen LogP contribution < -0.4 is 5.32 Å². The molecule has 6 nitrogen and oxygen atoms in total. The Balaban J connectivity index is 1.80. The van der Waals surface area contributed by atoms with Gasteiger partial charge in [0, 0.05) is 11.1 Å². The average Bonchev–Trinajstić information content (AvgIpc) is 3.09. The lowest BCUT2D eigenvalue weighted by atomic mass is 10.1. The molecule has 0 spiro atoms. The van der Waals surface area contributed by atoms with Gasteiger partial charge in [-0.2, -0.15) is 5.10 Å². The summed E-state index contributed by atoms with van der Waals surface area (Å²) in [7, 11) is -3.24. The van der Waals surface area contributed by atoms with Gasteiger partial charge in [0.25, 0.3) is 5.91 Å². The maximum absolute atomic E-state index is 13.0. The number of aryl methyl sites for hydroxylation is 4. The van der Waals surface area contributed by atoms with Crippen molar-refractivity contribution in [2.24, 2.45) is 0 Å². The molecule has 0 fully saturated rings. The molecule has 4 rings (SSSR count). The highest BCUT2D eigenvalue weighted by Gasteiger charge is 2.33. The van der Waals surface area contributed by atoms with E-state index in [1.54, 1.807) is 4.68 Å². The van der Waals surface area contributed by atoms with E-state index in [1.165, 1.54) is 0 Å². The number of nitrogens with one attached hydrogen (secondary N) is 1. The summed E-state index contributed by atoms with van der Waals surface area (Å²) in [5.41, 5.74) is 6.62. The molecule has 1 aromatic heterocycles. The lowest BCUT2D eigenvalue weighted by Gasteiger charge is -2.13. The molecule has 29 heavy (non-hydrogen) atoms. The highest BCUT2D eigenvalue weighted by Crippen LogP contribution is 2.33. The van der Waals surface area contributed by atoms with Crippen molar-refractivity contribution in [3.05, 3.63) is 75.5 Å². The zero-order valence-corrected chi connectivity index (χ0v) is 17.7. The minimum Gasteiger partial charge on any atom is -0.306 e. The van der Waals surface area contributed by atoms with Crippen LogP contribution in [0.3, 0.4) is 0 Å². The average molecular weight is 410 g/mol. The number of carbonyl (C=O) groups is 1. The van der Waals surface area contributed by atoms with E-state index in [4.69, 9.17) is 0 Å². The molecule has 0 aliphatic carbocycles. The van der Waals surface area contributed by atoms with Gasteiger partial charge >= 0.3 is 0 Å². The molecule has 0 atom stereocenters. The summed E-state index contributed by atoms with van der Waals surface area (Å²) in [4.78, 5) is 13.0. The number of hydrogen-bond acceptors (Lipinski definition) is 4. The summed E-state index contributed by atoms with van der Waals surface area (Å²) in [6.45, 7) is 7.91. The lowest BCUT2D eigenvalue weighted by molar-refractivity contribution is 0.102. The van der Waals surface area contributed by atoms with Gasteiger partial charge in [0.1, 0.15) is 5.82 Å². The Labute approximate surface area is 170 Å². The normalized spacial score (nSPS) is 14.6. The van der Waals surface area contributed by atoms with Gasteiger partial charge in [-0.15, -0.1) is 0 Å². The van der Waals surface area contributed by atoms with Gasteiger partial charge in [0.2, 0.25) is 0 Å². The monoisotopic (exact) mass is 409 g/mol. The van der Waals surface area contributed by atoms with Crippen LogP contribution in [0, 0.1) is 27.7 Å². The van der Waals surface area contributed by atoms with Gasteiger partial charge in [-0.25, -0.2) is 13.1 Å². The third-order valence-electron chi connectivity index (χ3n) is 5.24. The number of hydrogen-bond donors (Lipinski definition) is 1. The van der Waals surface area contributed by atoms with E-state index < -0.39 is 9.84 Å². The third kappa shape index (κ3) is 3.70. The number of carbonyl (C=O) groups excluding carboxylic acids is 1. The number of fused-ring (bicyclic) bond motifs is 1. The SMILES string of the molecule is Cc1cc(C)cc(C(=O)Nc2c3c(nn2-c2ccc(C)c(C)c2)CS(=O)(=O)C3)c1. The number of amides is 1. The molecule has 1 amide bonds.